The summed E-state index contributed by atoms with van der Waals surface area (Å²) in [7, 11) is 0. The maximum Gasteiger partial charge on any atom is 0.191 e. The Labute approximate surface area is 125 Å². The van der Waals surface area contributed by atoms with Gasteiger partial charge in [-0.1, -0.05) is 6.07 Å². The van der Waals surface area contributed by atoms with Gasteiger partial charge in [0.2, 0.25) is 0 Å². The Morgan fingerprint density at radius 2 is 2.35 bits per heavy atom. The number of aryl methyl sites for hydroxylation is 1. The van der Waals surface area contributed by atoms with Crippen molar-refractivity contribution in [3.8, 4) is 0 Å². The monoisotopic (exact) mass is 292 g/mol. The first-order valence-electron chi connectivity index (χ1n) is 7.33. The molecule has 0 aromatic carbocycles. The van der Waals surface area contributed by atoms with Gasteiger partial charge in [0.15, 0.2) is 5.96 Å². The standard InChI is InChI=1S/C15H24N4S/c1-3-16-15(19-11-14-5-4-8-20-14)18-10-13-7-6-12(2)17-9-13/h6-7,9,14H,3-5,8,10-11H2,1-2H3,(H2,16,18,19). The first kappa shape index (κ1) is 15.2. The Morgan fingerprint density at radius 3 is 3.00 bits per heavy atom. The number of hydrogen-bond donors (Lipinski definition) is 2. The first-order valence-corrected chi connectivity index (χ1v) is 8.38. The zero-order valence-corrected chi connectivity index (χ0v) is 13.2. The third-order valence-corrected chi connectivity index (χ3v) is 4.66. The third kappa shape index (κ3) is 5.04. The maximum absolute atomic E-state index is 4.62. The van der Waals surface area contributed by atoms with Crippen LogP contribution < -0.4 is 10.6 Å². The van der Waals surface area contributed by atoms with E-state index in [1.54, 1.807) is 0 Å². The van der Waals surface area contributed by atoms with Crippen LogP contribution in [0.4, 0.5) is 0 Å². The average Bonchev–Trinajstić information content (AvgIpc) is 2.97. The fourth-order valence-corrected chi connectivity index (χ4v) is 3.32. The molecule has 2 N–H and O–H groups in total. The van der Waals surface area contributed by atoms with Crippen molar-refractivity contribution in [1.82, 2.24) is 15.6 Å². The molecule has 0 amide bonds. The second kappa shape index (κ2) is 8.15. The molecule has 2 rings (SSSR count). The minimum atomic E-state index is 0.667. The predicted molar refractivity (Wildman–Crippen MR) is 87.3 cm³/mol. The number of nitrogens with one attached hydrogen (secondary N) is 2. The molecule has 1 unspecified atom stereocenters. The molecule has 1 atom stereocenters. The molecule has 1 aromatic rings. The van der Waals surface area contributed by atoms with Crippen molar-refractivity contribution in [2.24, 2.45) is 4.99 Å². The number of aliphatic imine (C=N–C) groups is 1. The molecule has 0 saturated carbocycles. The van der Waals surface area contributed by atoms with E-state index in [0.717, 1.165) is 35.6 Å². The lowest BCUT2D eigenvalue weighted by Crippen LogP contribution is -2.40. The molecule has 1 saturated heterocycles. The lowest BCUT2D eigenvalue weighted by molar-refractivity contribution is 0.727. The number of pyridine rings is 1. The average molecular weight is 292 g/mol. The van der Waals surface area contributed by atoms with Crippen molar-refractivity contribution in [2.45, 2.75) is 38.5 Å². The van der Waals surface area contributed by atoms with Crippen molar-refractivity contribution in [2.75, 3.05) is 18.8 Å². The largest absolute Gasteiger partial charge is 0.357 e. The Balaban J connectivity index is 1.85. The van der Waals surface area contributed by atoms with Gasteiger partial charge in [0.05, 0.1) is 6.54 Å². The molecule has 1 fully saturated rings. The van der Waals surface area contributed by atoms with E-state index in [0.29, 0.717) is 6.54 Å². The van der Waals surface area contributed by atoms with Crippen LogP contribution >= 0.6 is 11.8 Å². The molecule has 0 bridgehead atoms. The minimum absolute atomic E-state index is 0.667. The number of aromatic nitrogens is 1. The van der Waals surface area contributed by atoms with Crippen molar-refractivity contribution in [3.05, 3.63) is 29.6 Å². The summed E-state index contributed by atoms with van der Waals surface area (Å²) >= 11 is 2.06. The molecule has 0 aliphatic carbocycles. The second-order valence-corrected chi connectivity index (χ2v) is 6.43. The van der Waals surface area contributed by atoms with Crippen molar-refractivity contribution in [1.29, 1.82) is 0 Å². The zero-order valence-electron chi connectivity index (χ0n) is 12.4. The van der Waals surface area contributed by atoms with Crippen LogP contribution in [0, 0.1) is 6.92 Å². The lowest BCUT2D eigenvalue weighted by atomic mass is 10.2. The van der Waals surface area contributed by atoms with E-state index in [9.17, 15) is 0 Å². The zero-order chi connectivity index (χ0) is 14.2. The molecule has 5 heteroatoms. The Morgan fingerprint density at radius 1 is 1.45 bits per heavy atom. The summed E-state index contributed by atoms with van der Waals surface area (Å²) in [6, 6.07) is 4.11. The van der Waals surface area contributed by atoms with Gasteiger partial charge in [-0.25, -0.2) is 4.99 Å². The van der Waals surface area contributed by atoms with E-state index in [1.807, 2.05) is 19.2 Å². The number of hydrogen-bond acceptors (Lipinski definition) is 3. The van der Waals surface area contributed by atoms with Crippen LogP contribution in [0.1, 0.15) is 31.0 Å². The van der Waals surface area contributed by atoms with E-state index in [-0.39, 0.29) is 0 Å². The fraction of sp³-hybridized carbons (Fsp3) is 0.600. The highest BCUT2D eigenvalue weighted by molar-refractivity contribution is 8.00. The van der Waals surface area contributed by atoms with E-state index < -0.39 is 0 Å². The van der Waals surface area contributed by atoms with Crippen molar-refractivity contribution in [3.63, 3.8) is 0 Å². The van der Waals surface area contributed by atoms with Gasteiger partial charge < -0.3 is 10.6 Å². The lowest BCUT2D eigenvalue weighted by Gasteiger charge is -2.14. The fourth-order valence-electron chi connectivity index (χ4n) is 2.12. The second-order valence-electron chi connectivity index (χ2n) is 5.02. The van der Waals surface area contributed by atoms with Crippen LogP contribution in [0.15, 0.2) is 23.3 Å². The third-order valence-electron chi connectivity index (χ3n) is 3.26. The van der Waals surface area contributed by atoms with Gasteiger partial charge in [0.1, 0.15) is 0 Å². The molecular formula is C15H24N4S. The van der Waals surface area contributed by atoms with Crippen molar-refractivity contribution < 1.29 is 0 Å². The first-order chi connectivity index (χ1) is 9.78. The summed E-state index contributed by atoms with van der Waals surface area (Å²) in [5.74, 6) is 2.20. The van der Waals surface area contributed by atoms with Gasteiger partial charge in [0, 0.05) is 30.2 Å². The quantitative estimate of drug-likeness (QED) is 0.646. The van der Waals surface area contributed by atoms with Gasteiger partial charge >= 0.3 is 0 Å². The number of nitrogens with zero attached hydrogens (tertiary/aromatic N) is 2. The van der Waals surface area contributed by atoms with Gasteiger partial charge in [-0.3, -0.25) is 4.98 Å². The SMILES string of the molecule is CCNC(=NCc1ccc(C)nc1)NCC1CCCS1. The van der Waals surface area contributed by atoms with Gasteiger partial charge in [0.25, 0.3) is 0 Å². The van der Waals surface area contributed by atoms with Gasteiger partial charge in [-0.15, -0.1) is 0 Å². The number of rotatable bonds is 5. The molecule has 2 heterocycles. The minimum Gasteiger partial charge on any atom is -0.357 e. The highest BCUT2D eigenvalue weighted by Gasteiger charge is 2.15. The molecule has 0 radical (unpaired) electrons. The number of guanidine groups is 1. The summed E-state index contributed by atoms with van der Waals surface area (Å²) in [6.45, 7) is 6.64. The highest BCUT2D eigenvalue weighted by atomic mass is 32.2. The summed E-state index contributed by atoms with van der Waals surface area (Å²) < 4.78 is 0. The Hall–Kier alpha value is -1.23. The van der Waals surface area contributed by atoms with Crippen molar-refractivity contribution >= 4 is 17.7 Å². The maximum atomic E-state index is 4.62. The Kier molecular flexibility index (Phi) is 6.18. The molecule has 1 aliphatic heterocycles. The molecule has 1 aromatic heterocycles. The van der Waals surface area contributed by atoms with Crippen LogP contribution in [-0.4, -0.2) is 35.0 Å². The summed E-state index contributed by atoms with van der Waals surface area (Å²) in [4.78, 5) is 8.92. The molecule has 110 valence electrons. The molecule has 20 heavy (non-hydrogen) atoms. The Bertz CT molecular complexity index is 424. The van der Waals surface area contributed by atoms with Gasteiger partial charge in [-0.05, 0) is 44.1 Å². The van der Waals surface area contributed by atoms with E-state index in [2.05, 4.69) is 45.4 Å². The van der Waals surface area contributed by atoms with E-state index in [4.69, 9.17) is 0 Å². The molecule has 0 spiro atoms. The van der Waals surface area contributed by atoms with Crippen LogP contribution in [-0.2, 0) is 6.54 Å². The molecule has 4 nitrogen and oxygen atoms in total. The van der Waals surface area contributed by atoms with Crippen LogP contribution in [0.3, 0.4) is 0 Å². The summed E-state index contributed by atoms with van der Waals surface area (Å²) in [5.41, 5.74) is 2.18. The van der Waals surface area contributed by atoms with E-state index in [1.165, 1.54) is 18.6 Å². The van der Waals surface area contributed by atoms with Crippen LogP contribution in [0.2, 0.25) is 0 Å². The van der Waals surface area contributed by atoms with E-state index >= 15 is 0 Å². The van der Waals surface area contributed by atoms with Gasteiger partial charge in [-0.2, -0.15) is 11.8 Å². The van der Waals surface area contributed by atoms with Crippen LogP contribution in [0.5, 0.6) is 0 Å². The summed E-state index contributed by atoms with van der Waals surface area (Å²) in [6.07, 6.45) is 4.56. The summed E-state index contributed by atoms with van der Waals surface area (Å²) in [5, 5.41) is 7.48. The highest BCUT2D eigenvalue weighted by Crippen LogP contribution is 2.25. The normalized spacial score (nSPS) is 19.1. The van der Waals surface area contributed by atoms with Crippen LogP contribution in [0.25, 0.3) is 0 Å². The molecule has 1 aliphatic rings. The predicted octanol–water partition coefficient (Wildman–Crippen LogP) is 2.34. The smallest absolute Gasteiger partial charge is 0.191 e. The molecular weight excluding hydrogens is 268 g/mol. The number of thioether (sulfide) groups is 1. The topological polar surface area (TPSA) is 49.3 Å².